The highest BCUT2D eigenvalue weighted by Crippen LogP contribution is 2.38. The number of ether oxygens (including phenoxy) is 1. The van der Waals surface area contributed by atoms with Crippen LogP contribution < -0.4 is 0 Å². The van der Waals surface area contributed by atoms with Crippen molar-refractivity contribution < 1.29 is 9.53 Å². The van der Waals surface area contributed by atoms with Gasteiger partial charge in [-0.05, 0) is 49.8 Å². The first-order chi connectivity index (χ1) is 8.65. The van der Waals surface area contributed by atoms with Crippen molar-refractivity contribution in [3.05, 3.63) is 47.0 Å². The van der Waals surface area contributed by atoms with Gasteiger partial charge in [-0.25, -0.2) is 4.79 Å². The quantitative estimate of drug-likeness (QED) is 0.600. The number of benzene rings is 1. The second-order valence-corrected chi connectivity index (χ2v) is 4.84. The van der Waals surface area contributed by atoms with E-state index in [9.17, 15) is 4.79 Å². The van der Waals surface area contributed by atoms with E-state index in [2.05, 4.69) is 31.7 Å². The van der Waals surface area contributed by atoms with Crippen molar-refractivity contribution in [2.45, 2.75) is 39.0 Å². The van der Waals surface area contributed by atoms with Crippen molar-refractivity contribution in [1.82, 2.24) is 0 Å². The smallest absolute Gasteiger partial charge is 0.334 e. The summed E-state index contributed by atoms with van der Waals surface area (Å²) in [4.78, 5) is 11.8. The van der Waals surface area contributed by atoms with Crippen LogP contribution in [0.2, 0.25) is 0 Å². The highest BCUT2D eigenvalue weighted by Gasteiger charge is 2.27. The van der Waals surface area contributed by atoms with Gasteiger partial charge < -0.3 is 4.74 Å². The third kappa shape index (κ3) is 2.33. The molecule has 0 radical (unpaired) electrons. The van der Waals surface area contributed by atoms with Crippen LogP contribution in [0.3, 0.4) is 0 Å². The first kappa shape index (κ1) is 12.9. The van der Waals surface area contributed by atoms with Crippen molar-refractivity contribution in [2.24, 2.45) is 0 Å². The topological polar surface area (TPSA) is 26.3 Å². The molecule has 96 valence electrons. The maximum absolute atomic E-state index is 11.8. The van der Waals surface area contributed by atoms with Crippen LogP contribution in [-0.4, -0.2) is 12.6 Å². The SMILES string of the molecule is C=C(C(=O)OCC)C1CCCc2cccc(C)c21. The van der Waals surface area contributed by atoms with Gasteiger partial charge in [0.2, 0.25) is 0 Å². The molecule has 1 unspecified atom stereocenters. The minimum atomic E-state index is -0.251. The Labute approximate surface area is 109 Å². The zero-order valence-electron chi connectivity index (χ0n) is 11.2. The molecular formula is C16H20O2. The van der Waals surface area contributed by atoms with E-state index >= 15 is 0 Å². The highest BCUT2D eigenvalue weighted by molar-refractivity contribution is 5.89. The van der Waals surface area contributed by atoms with E-state index < -0.39 is 0 Å². The highest BCUT2D eigenvalue weighted by atomic mass is 16.5. The Kier molecular flexibility index (Phi) is 3.85. The van der Waals surface area contributed by atoms with Crippen LogP contribution in [0.1, 0.15) is 42.4 Å². The molecule has 1 aliphatic rings. The average molecular weight is 244 g/mol. The molecule has 1 aromatic carbocycles. The van der Waals surface area contributed by atoms with Gasteiger partial charge in [0.05, 0.1) is 6.61 Å². The van der Waals surface area contributed by atoms with Gasteiger partial charge in [-0.15, -0.1) is 0 Å². The largest absolute Gasteiger partial charge is 0.463 e. The normalized spacial score (nSPS) is 18.0. The van der Waals surface area contributed by atoms with E-state index in [0.717, 1.165) is 19.3 Å². The Bertz CT molecular complexity index is 474. The zero-order chi connectivity index (χ0) is 13.1. The Morgan fingerprint density at radius 1 is 1.50 bits per heavy atom. The molecule has 1 aromatic rings. The molecule has 0 saturated carbocycles. The third-order valence-electron chi connectivity index (χ3n) is 3.66. The monoisotopic (exact) mass is 244 g/mol. The van der Waals surface area contributed by atoms with Crippen molar-refractivity contribution in [2.75, 3.05) is 6.61 Å². The lowest BCUT2D eigenvalue weighted by molar-refractivity contribution is -0.138. The fourth-order valence-corrected chi connectivity index (χ4v) is 2.81. The summed E-state index contributed by atoms with van der Waals surface area (Å²) in [6.45, 7) is 8.30. The summed E-state index contributed by atoms with van der Waals surface area (Å²) < 4.78 is 5.07. The third-order valence-corrected chi connectivity index (χ3v) is 3.66. The molecule has 0 spiro atoms. The molecule has 0 bridgehead atoms. The summed E-state index contributed by atoms with van der Waals surface area (Å²) in [5, 5.41) is 0. The predicted octanol–water partition coefficient (Wildman–Crippen LogP) is 3.53. The van der Waals surface area contributed by atoms with Crippen LogP contribution in [0.4, 0.5) is 0 Å². The van der Waals surface area contributed by atoms with Gasteiger partial charge >= 0.3 is 5.97 Å². The van der Waals surface area contributed by atoms with E-state index in [4.69, 9.17) is 4.74 Å². The molecule has 18 heavy (non-hydrogen) atoms. The van der Waals surface area contributed by atoms with Gasteiger partial charge in [0.25, 0.3) is 0 Å². The first-order valence-corrected chi connectivity index (χ1v) is 6.59. The van der Waals surface area contributed by atoms with Crippen LogP contribution in [-0.2, 0) is 16.0 Å². The van der Waals surface area contributed by atoms with Crippen LogP contribution in [0, 0.1) is 6.92 Å². The summed E-state index contributed by atoms with van der Waals surface area (Å²) in [6, 6.07) is 6.35. The Morgan fingerprint density at radius 2 is 2.28 bits per heavy atom. The maximum atomic E-state index is 11.8. The summed E-state index contributed by atoms with van der Waals surface area (Å²) in [7, 11) is 0. The molecule has 0 aliphatic heterocycles. The van der Waals surface area contributed by atoms with Gasteiger partial charge in [0.1, 0.15) is 0 Å². The van der Waals surface area contributed by atoms with Gasteiger partial charge in [-0.3, -0.25) is 0 Å². The fourth-order valence-electron chi connectivity index (χ4n) is 2.81. The van der Waals surface area contributed by atoms with Gasteiger partial charge in [-0.1, -0.05) is 24.8 Å². The number of rotatable bonds is 3. The summed E-state index contributed by atoms with van der Waals surface area (Å²) in [5.41, 5.74) is 4.51. The van der Waals surface area contributed by atoms with Crippen LogP contribution in [0.25, 0.3) is 0 Å². The van der Waals surface area contributed by atoms with E-state index in [1.807, 2.05) is 6.92 Å². The Hall–Kier alpha value is -1.57. The van der Waals surface area contributed by atoms with Gasteiger partial charge in [-0.2, -0.15) is 0 Å². The van der Waals surface area contributed by atoms with E-state index in [0.29, 0.717) is 12.2 Å². The number of fused-ring (bicyclic) bond motifs is 1. The molecule has 2 heteroatoms. The maximum Gasteiger partial charge on any atom is 0.334 e. The second-order valence-electron chi connectivity index (χ2n) is 4.84. The van der Waals surface area contributed by atoms with Crippen molar-refractivity contribution in [3.63, 3.8) is 0 Å². The molecule has 2 nitrogen and oxygen atoms in total. The average Bonchev–Trinajstić information content (AvgIpc) is 2.38. The van der Waals surface area contributed by atoms with Gasteiger partial charge in [0.15, 0.2) is 0 Å². The fraction of sp³-hybridized carbons (Fsp3) is 0.438. The molecule has 0 fully saturated rings. The predicted molar refractivity (Wildman–Crippen MR) is 72.6 cm³/mol. The molecule has 0 saturated heterocycles. The number of carbonyl (C=O) groups excluding carboxylic acids is 1. The molecule has 1 atom stereocenters. The van der Waals surface area contributed by atoms with Crippen molar-refractivity contribution in [1.29, 1.82) is 0 Å². The van der Waals surface area contributed by atoms with E-state index in [-0.39, 0.29) is 11.9 Å². The van der Waals surface area contributed by atoms with Gasteiger partial charge in [0, 0.05) is 11.5 Å². The number of esters is 1. The Balaban J connectivity index is 2.33. The summed E-state index contributed by atoms with van der Waals surface area (Å²) in [6.07, 6.45) is 3.21. The summed E-state index contributed by atoms with van der Waals surface area (Å²) >= 11 is 0. The second kappa shape index (κ2) is 5.38. The number of carbonyl (C=O) groups is 1. The van der Waals surface area contributed by atoms with Crippen LogP contribution in [0.15, 0.2) is 30.4 Å². The number of aryl methyl sites for hydroxylation is 2. The zero-order valence-corrected chi connectivity index (χ0v) is 11.2. The lowest BCUT2D eigenvalue weighted by Crippen LogP contribution is -2.19. The molecule has 1 aliphatic carbocycles. The molecule has 0 N–H and O–H groups in total. The van der Waals surface area contributed by atoms with Crippen molar-refractivity contribution >= 4 is 5.97 Å². The molecule has 0 heterocycles. The minimum absolute atomic E-state index is 0.133. The van der Waals surface area contributed by atoms with Crippen LogP contribution in [0.5, 0.6) is 0 Å². The minimum Gasteiger partial charge on any atom is -0.463 e. The molecule has 0 aromatic heterocycles. The molecule has 2 rings (SSSR count). The lowest BCUT2D eigenvalue weighted by atomic mass is 9.77. The van der Waals surface area contributed by atoms with Crippen molar-refractivity contribution in [3.8, 4) is 0 Å². The number of hydrogen-bond donors (Lipinski definition) is 0. The molecular weight excluding hydrogens is 224 g/mol. The Morgan fingerprint density at radius 3 is 3.00 bits per heavy atom. The van der Waals surface area contributed by atoms with E-state index in [1.54, 1.807) is 0 Å². The molecule has 0 amide bonds. The number of hydrogen-bond acceptors (Lipinski definition) is 2. The summed E-state index contributed by atoms with van der Waals surface area (Å²) in [5.74, 6) is -0.118. The van der Waals surface area contributed by atoms with Crippen LogP contribution >= 0.6 is 0 Å². The van der Waals surface area contributed by atoms with E-state index in [1.165, 1.54) is 16.7 Å². The lowest BCUT2D eigenvalue weighted by Gasteiger charge is -2.28. The first-order valence-electron chi connectivity index (χ1n) is 6.59. The standard InChI is InChI=1S/C16H20O2/c1-4-18-16(17)12(3)14-10-6-9-13-8-5-7-11(2)15(13)14/h5,7-8,14H,3-4,6,9-10H2,1-2H3.